The van der Waals surface area contributed by atoms with Crippen molar-refractivity contribution in [3.05, 3.63) is 384 Å². The SMILES string of the molecule is CC#Cc1cc(C)cc(-c2cc(C)cc(-c3cc(C)cc(-n4cc[n+](C)c4)c3)c2)c1.[2H]C([2H])([2H])c1cc(-c2cc(C)cc(-c3cccc(C#CC)c3)c2)cc(-n2cc[n+](C)c2)c1.[2H]C([2H])([2H])c1cc(-c2cccc(-c3cccc(C#CC)c3)c2)cc(-n2cc[n+](C)c2)c1.[2H]C([2H])([2H])c1cc(C#CC)cc(-c2cc(C)cc(-c3cc(-n4cc[n+](C)c4)cc(C([2H])([2H])[2H])c3)c2)c1. The van der Waals surface area contributed by atoms with E-state index in [2.05, 4.69) is 212 Å². The van der Waals surface area contributed by atoms with E-state index < -0.39 is 27.4 Å². The van der Waals surface area contributed by atoms with E-state index in [1.54, 1.807) is 55.5 Å². The quantitative estimate of drug-likeness (QED) is 0.0863. The topological polar surface area (TPSA) is 35.2 Å². The van der Waals surface area contributed by atoms with Crippen LogP contribution < -0.4 is 18.3 Å². The first kappa shape index (κ1) is 66.2. The van der Waals surface area contributed by atoms with Crippen molar-refractivity contribution in [1.82, 2.24) is 18.3 Å². The summed E-state index contributed by atoms with van der Waals surface area (Å²) in [5.41, 5.74) is 30.2. The predicted octanol–water partition coefficient (Wildman–Crippen LogP) is 22.8. The van der Waals surface area contributed by atoms with Crippen molar-refractivity contribution < 1.29 is 34.7 Å². The van der Waals surface area contributed by atoms with Gasteiger partial charge in [0.05, 0.1) is 28.2 Å². The van der Waals surface area contributed by atoms with Crippen LogP contribution in [0.5, 0.6) is 0 Å². The van der Waals surface area contributed by atoms with E-state index in [0.29, 0.717) is 16.7 Å². The lowest BCUT2D eigenvalue weighted by Crippen LogP contribution is -2.23. The molecular weight excluding hydrogens is 1420 g/mol. The van der Waals surface area contributed by atoms with Gasteiger partial charge in [-0.2, -0.15) is 0 Å². The van der Waals surface area contributed by atoms with E-state index >= 15 is 0 Å². The smallest absolute Gasteiger partial charge is 0.239 e. The van der Waals surface area contributed by atoms with Gasteiger partial charge in [0.15, 0.2) is 0 Å². The molecule has 0 aliphatic carbocycles. The Labute approximate surface area is 710 Å². The normalized spacial score (nSPS) is 12.5. The van der Waals surface area contributed by atoms with Crippen LogP contribution >= 0.6 is 0 Å². The lowest BCUT2D eigenvalue weighted by molar-refractivity contribution is -0.670. The molecule has 0 fully saturated rings. The summed E-state index contributed by atoms with van der Waals surface area (Å²) in [6, 6.07) is 78.4. The Morgan fingerprint density at radius 3 is 0.744 bits per heavy atom. The third kappa shape index (κ3) is 21.0. The van der Waals surface area contributed by atoms with E-state index in [1.165, 1.54) is 44.6 Å². The van der Waals surface area contributed by atoms with Crippen molar-refractivity contribution in [2.45, 2.75) is 89.7 Å². The standard InChI is InChI=1S/2C28H27N2.C27H25N2.C26H23N2/c2*1-6-7-23-10-20(2)11-24(16-23)25-12-21(3)13-26(17-25)27-14-22(4)15-28(18-27)30-9-8-29(5)19-30;1-5-7-22-8-6-9-23(16-22)24-12-20(2)13-25(17-24)26-14-21(3)15-27(18-26)29-11-10-28(4)19-29;1-4-7-21-8-5-9-22(16-21)23-10-6-11-24(17-23)25-14-20(2)15-26(18-25)28-13-12-27(3)19-28/h2*8-19H,1-5H3;6,8-19H,1-4H3;5-6,8-19H,1-3H3/q4*+1/i2D3,4D3;;3D3;2D3. The largest absolute Gasteiger partial charge is 0.248 e. The summed E-state index contributed by atoms with van der Waals surface area (Å²) in [6.45, 7) is 8.82. The molecule has 16 aromatic rings. The van der Waals surface area contributed by atoms with Crippen molar-refractivity contribution in [3.63, 3.8) is 0 Å². The number of benzene rings is 12. The van der Waals surface area contributed by atoms with Crippen LogP contribution in [0, 0.1) is 109 Å². The monoisotopic (exact) mass is 1530 g/mol. The van der Waals surface area contributed by atoms with Crippen LogP contribution in [-0.2, 0) is 28.2 Å². The zero-order valence-corrected chi connectivity index (χ0v) is 68.5. The molecule has 0 N–H and O–H groups in total. The maximum Gasteiger partial charge on any atom is 0.248 e. The first-order valence-corrected chi connectivity index (χ1v) is 38.7. The second-order valence-electron chi connectivity index (χ2n) is 29.7. The van der Waals surface area contributed by atoms with Gasteiger partial charge in [0.1, 0.15) is 72.3 Å². The maximum atomic E-state index is 8.01. The number of hydrogen-bond acceptors (Lipinski definition) is 0. The summed E-state index contributed by atoms with van der Waals surface area (Å²) in [7, 11) is 7.82. The number of rotatable bonds is 12. The molecule has 0 spiro atoms. The van der Waals surface area contributed by atoms with Gasteiger partial charge in [-0.1, -0.05) is 139 Å². The second kappa shape index (κ2) is 36.7. The van der Waals surface area contributed by atoms with Crippen molar-refractivity contribution in [3.8, 4) is 159 Å². The maximum absolute atomic E-state index is 8.01. The average molecular weight is 1540 g/mol. The lowest BCUT2D eigenvalue weighted by Gasteiger charge is -2.11. The van der Waals surface area contributed by atoms with Crippen LogP contribution in [0.4, 0.5) is 0 Å². The van der Waals surface area contributed by atoms with Gasteiger partial charge in [-0.15, -0.1) is 23.7 Å². The summed E-state index contributed by atoms with van der Waals surface area (Å²) in [5, 5.41) is 0. The molecule has 117 heavy (non-hydrogen) atoms. The van der Waals surface area contributed by atoms with Crippen LogP contribution in [0.15, 0.2) is 311 Å². The van der Waals surface area contributed by atoms with Gasteiger partial charge in [-0.3, -0.25) is 0 Å². The molecule has 0 aliphatic rings. The Balaban J connectivity index is 0.000000147. The Bertz CT molecular complexity index is 7150. The molecule has 0 atom stereocenters. The molecule has 8 nitrogen and oxygen atoms in total. The summed E-state index contributed by atoms with van der Waals surface area (Å²) in [6.07, 6.45) is 23.4. The lowest BCUT2D eigenvalue weighted by atomic mass is 9.94. The molecule has 8 heteroatoms. The molecule has 16 rings (SSSR count). The average Bonchev–Trinajstić information content (AvgIpc) is 1.50. The Morgan fingerprint density at radius 2 is 0.427 bits per heavy atom. The molecular formula is C109H102N8+4. The van der Waals surface area contributed by atoms with Gasteiger partial charge >= 0.3 is 0 Å². The van der Waals surface area contributed by atoms with Gasteiger partial charge in [0, 0.05) is 38.7 Å². The fraction of sp³-hybridized carbons (Fsp3) is 0.156. The van der Waals surface area contributed by atoms with Gasteiger partial charge in [-0.05, 0) is 350 Å². The van der Waals surface area contributed by atoms with E-state index in [0.717, 1.165) is 112 Å². The highest BCUT2D eigenvalue weighted by Crippen LogP contribution is 2.36. The highest BCUT2D eigenvalue weighted by Gasteiger charge is 2.17. The van der Waals surface area contributed by atoms with Gasteiger partial charge in [0.25, 0.3) is 0 Å². The number of aryl methyl sites for hydroxylation is 13. The molecule has 0 saturated heterocycles. The van der Waals surface area contributed by atoms with E-state index in [9.17, 15) is 0 Å². The van der Waals surface area contributed by atoms with E-state index in [4.69, 9.17) is 16.4 Å². The molecule has 0 aliphatic heterocycles. The fourth-order valence-electron chi connectivity index (χ4n) is 14.5. The zero-order valence-electron chi connectivity index (χ0n) is 80.5. The molecule has 0 radical (unpaired) electrons. The van der Waals surface area contributed by atoms with Crippen molar-refractivity contribution >= 4 is 0 Å². The van der Waals surface area contributed by atoms with Crippen LogP contribution in [0.3, 0.4) is 0 Å². The van der Waals surface area contributed by atoms with Gasteiger partial charge < -0.3 is 0 Å². The van der Waals surface area contributed by atoms with Crippen molar-refractivity contribution in [2.24, 2.45) is 28.2 Å². The minimum Gasteiger partial charge on any atom is -0.239 e. The Kier molecular flexibility index (Phi) is 20.8. The molecule has 0 saturated carbocycles. The number of aromatic nitrogens is 8. The minimum absolute atomic E-state index is 0.230. The Morgan fingerprint density at radius 1 is 0.222 bits per heavy atom. The third-order valence-corrected chi connectivity index (χ3v) is 19.7. The van der Waals surface area contributed by atoms with Crippen LogP contribution in [0.2, 0.25) is 0 Å². The number of imidazole rings is 4. The molecule has 0 amide bonds. The molecule has 4 heterocycles. The van der Waals surface area contributed by atoms with Crippen LogP contribution in [-0.4, -0.2) is 18.3 Å². The first-order chi connectivity index (χ1) is 61.3. The fourth-order valence-corrected chi connectivity index (χ4v) is 14.5. The summed E-state index contributed by atoms with van der Waals surface area (Å²) in [5.74, 6) is 24.1. The molecule has 0 bridgehead atoms. The highest BCUT2D eigenvalue weighted by molar-refractivity contribution is 5.81. The van der Waals surface area contributed by atoms with Gasteiger partial charge in [0.2, 0.25) is 25.3 Å². The summed E-state index contributed by atoms with van der Waals surface area (Å²) in [4.78, 5) is 0. The number of nitrogens with zero attached hydrogens (tertiary/aromatic N) is 8. The summed E-state index contributed by atoms with van der Waals surface area (Å²) >= 11 is 0. The number of hydrogen-bond donors (Lipinski definition) is 0. The van der Waals surface area contributed by atoms with Crippen molar-refractivity contribution in [1.29, 1.82) is 0 Å². The molecule has 4 aromatic heterocycles. The minimum atomic E-state index is -2.27. The molecule has 574 valence electrons. The molecule has 0 unspecified atom stereocenters. The van der Waals surface area contributed by atoms with E-state index in [1.807, 2.05) is 218 Å². The Hall–Kier alpha value is -14.3. The summed E-state index contributed by atoms with van der Waals surface area (Å²) < 4.78 is 111. The predicted molar refractivity (Wildman–Crippen MR) is 484 cm³/mol. The highest BCUT2D eigenvalue weighted by atomic mass is 15.1. The van der Waals surface area contributed by atoms with E-state index in [-0.39, 0.29) is 11.1 Å². The van der Waals surface area contributed by atoms with Crippen LogP contribution in [0.1, 0.15) is 116 Å². The van der Waals surface area contributed by atoms with Gasteiger partial charge in [-0.25, -0.2) is 36.5 Å². The second-order valence-corrected chi connectivity index (χ2v) is 29.7. The first-order valence-electron chi connectivity index (χ1n) is 44.7. The zero-order chi connectivity index (χ0) is 92.4. The third-order valence-electron chi connectivity index (χ3n) is 19.7. The van der Waals surface area contributed by atoms with Crippen molar-refractivity contribution in [2.75, 3.05) is 0 Å². The van der Waals surface area contributed by atoms with Crippen LogP contribution in [0.25, 0.3) is 112 Å². The molecule has 12 aromatic carbocycles.